The molecule has 9 heteroatoms. The second-order valence-electron chi connectivity index (χ2n) is 9.96. The highest BCUT2D eigenvalue weighted by Gasteiger charge is 2.38. The third-order valence-corrected chi connectivity index (χ3v) is 6.88. The van der Waals surface area contributed by atoms with Crippen molar-refractivity contribution in [3.8, 4) is 11.1 Å². The van der Waals surface area contributed by atoms with E-state index in [2.05, 4.69) is 22.8 Å². The van der Waals surface area contributed by atoms with Crippen LogP contribution in [-0.4, -0.2) is 65.7 Å². The smallest absolute Gasteiger partial charge is 0.410 e. The molecule has 1 fully saturated rings. The van der Waals surface area contributed by atoms with E-state index in [1.165, 1.54) is 4.90 Å². The summed E-state index contributed by atoms with van der Waals surface area (Å²) in [6, 6.07) is 14.5. The Bertz CT molecular complexity index is 1130. The number of nitrogens with zero attached hydrogens (tertiary/aromatic N) is 1. The van der Waals surface area contributed by atoms with Crippen LogP contribution in [0.1, 0.15) is 50.2 Å². The number of rotatable bonds is 9. The van der Waals surface area contributed by atoms with Gasteiger partial charge in [-0.05, 0) is 47.4 Å². The zero-order chi connectivity index (χ0) is 26.5. The zero-order valence-corrected chi connectivity index (χ0v) is 21.1. The number of benzene rings is 2. The standard InChI is InChI=1S/C28H33N3O6/c1-17(2)14-23(26(34)29-15-25(32)33)30-27(35)24-12-7-13-31(24)28(36)37-16-22-20-10-5-3-8-18(20)19-9-4-6-11-21(19)22/h3-6,8-11,17,22-24H,7,12-16H2,1-2H3,(H,29,34)(H,30,35)(H,32,33)/t23-,24-/m0/s1. The molecule has 1 aliphatic heterocycles. The number of likely N-dealkylation sites (tertiary alicyclic amines) is 1. The van der Waals surface area contributed by atoms with Crippen LogP contribution in [-0.2, 0) is 19.1 Å². The SMILES string of the molecule is CC(C)C[C@H](NC(=O)[C@@H]1CCCN1C(=O)OCC1c2ccccc2-c2ccccc21)C(=O)NCC(=O)O. The number of carbonyl (C=O) groups excluding carboxylic acids is 3. The van der Waals surface area contributed by atoms with Gasteiger partial charge in [0.2, 0.25) is 11.8 Å². The van der Waals surface area contributed by atoms with Crippen molar-refractivity contribution in [2.24, 2.45) is 5.92 Å². The summed E-state index contributed by atoms with van der Waals surface area (Å²) >= 11 is 0. The molecule has 1 heterocycles. The molecule has 0 radical (unpaired) electrons. The maximum Gasteiger partial charge on any atom is 0.410 e. The molecule has 0 aromatic heterocycles. The minimum absolute atomic E-state index is 0.0837. The molecule has 0 bridgehead atoms. The summed E-state index contributed by atoms with van der Waals surface area (Å²) in [5.74, 6) is -2.17. The number of hydrogen-bond acceptors (Lipinski definition) is 5. The first-order chi connectivity index (χ1) is 17.8. The Labute approximate surface area is 216 Å². The Balaban J connectivity index is 1.40. The third kappa shape index (κ3) is 5.93. The highest BCUT2D eigenvalue weighted by Crippen LogP contribution is 2.44. The van der Waals surface area contributed by atoms with Gasteiger partial charge < -0.3 is 20.5 Å². The molecule has 2 aromatic rings. The molecule has 4 rings (SSSR count). The van der Waals surface area contributed by atoms with Gasteiger partial charge >= 0.3 is 12.1 Å². The summed E-state index contributed by atoms with van der Waals surface area (Å²) in [4.78, 5) is 51.0. The van der Waals surface area contributed by atoms with Crippen LogP contribution in [0.15, 0.2) is 48.5 Å². The van der Waals surface area contributed by atoms with E-state index in [1.807, 2.05) is 50.2 Å². The van der Waals surface area contributed by atoms with Crippen molar-refractivity contribution >= 4 is 23.9 Å². The van der Waals surface area contributed by atoms with Gasteiger partial charge in [0.15, 0.2) is 0 Å². The molecular formula is C28H33N3O6. The van der Waals surface area contributed by atoms with Crippen LogP contribution in [0.25, 0.3) is 11.1 Å². The van der Waals surface area contributed by atoms with Crippen LogP contribution < -0.4 is 10.6 Å². The average Bonchev–Trinajstić information content (AvgIpc) is 3.49. The molecule has 1 saturated heterocycles. The molecule has 2 atom stereocenters. The van der Waals surface area contributed by atoms with E-state index < -0.39 is 42.5 Å². The largest absolute Gasteiger partial charge is 0.480 e. The summed E-state index contributed by atoms with van der Waals surface area (Å²) in [5, 5.41) is 13.9. The lowest BCUT2D eigenvalue weighted by atomic mass is 9.98. The molecule has 1 aliphatic carbocycles. The van der Waals surface area contributed by atoms with Gasteiger partial charge in [-0.15, -0.1) is 0 Å². The van der Waals surface area contributed by atoms with Crippen LogP contribution in [0.3, 0.4) is 0 Å². The predicted molar refractivity (Wildman–Crippen MR) is 137 cm³/mol. The first kappa shape index (κ1) is 26.2. The molecule has 2 aromatic carbocycles. The van der Waals surface area contributed by atoms with Crippen LogP contribution >= 0.6 is 0 Å². The van der Waals surface area contributed by atoms with Gasteiger partial charge in [-0.25, -0.2) is 4.79 Å². The lowest BCUT2D eigenvalue weighted by molar-refractivity contribution is -0.138. The van der Waals surface area contributed by atoms with Crippen molar-refractivity contribution in [3.05, 3.63) is 59.7 Å². The highest BCUT2D eigenvalue weighted by molar-refractivity contribution is 5.92. The minimum Gasteiger partial charge on any atom is -0.480 e. The van der Waals surface area contributed by atoms with Crippen LogP contribution in [0.4, 0.5) is 4.79 Å². The summed E-state index contributed by atoms with van der Waals surface area (Å²) < 4.78 is 5.75. The van der Waals surface area contributed by atoms with E-state index in [9.17, 15) is 19.2 Å². The van der Waals surface area contributed by atoms with Gasteiger partial charge in [0, 0.05) is 12.5 Å². The second kappa shape index (κ2) is 11.5. The topological polar surface area (TPSA) is 125 Å². The van der Waals surface area contributed by atoms with Gasteiger partial charge in [-0.3, -0.25) is 19.3 Å². The maximum atomic E-state index is 13.1. The monoisotopic (exact) mass is 507 g/mol. The van der Waals surface area contributed by atoms with E-state index in [-0.39, 0.29) is 18.4 Å². The number of nitrogens with one attached hydrogen (secondary N) is 2. The van der Waals surface area contributed by atoms with Crippen molar-refractivity contribution in [1.29, 1.82) is 0 Å². The summed E-state index contributed by atoms with van der Waals surface area (Å²) in [7, 11) is 0. The van der Waals surface area contributed by atoms with Crippen LogP contribution in [0, 0.1) is 5.92 Å². The Morgan fingerprint density at radius 2 is 1.65 bits per heavy atom. The number of carboxylic acid groups (broad SMARTS) is 1. The number of carboxylic acids is 1. The maximum absolute atomic E-state index is 13.1. The Hall–Kier alpha value is -3.88. The van der Waals surface area contributed by atoms with Gasteiger partial charge in [-0.2, -0.15) is 0 Å². The van der Waals surface area contributed by atoms with Crippen LogP contribution in [0.5, 0.6) is 0 Å². The Morgan fingerprint density at radius 3 is 2.24 bits per heavy atom. The first-order valence-electron chi connectivity index (χ1n) is 12.7. The lowest BCUT2D eigenvalue weighted by Gasteiger charge is -2.27. The zero-order valence-electron chi connectivity index (χ0n) is 21.1. The van der Waals surface area contributed by atoms with Crippen LogP contribution in [0.2, 0.25) is 0 Å². The summed E-state index contributed by atoms with van der Waals surface area (Å²) in [5.41, 5.74) is 4.48. The number of aliphatic carboxylic acids is 1. The molecule has 3 N–H and O–H groups in total. The van der Waals surface area contributed by atoms with Crippen molar-refractivity contribution in [1.82, 2.24) is 15.5 Å². The van der Waals surface area contributed by atoms with E-state index in [0.717, 1.165) is 22.3 Å². The quantitative estimate of drug-likeness (QED) is 0.479. The van der Waals surface area contributed by atoms with Crippen molar-refractivity contribution in [3.63, 3.8) is 0 Å². The van der Waals surface area contributed by atoms with Crippen molar-refractivity contribution in [2.75, 3.05) is 19.7 Å². The predicted octanol–water partition coefficient (Wildman–Crippen LogP) is 3.13. The molecule has 9 nitrogen and oxygen atoms in total. The Kier molecular flexibility index (Phi) is 8.11. The first-order valence-corrected chi connectivity index (χ1v) is 12.7. The molecule has 2 aliphatic rings. The fourth-order valence-electron chi connectivity index (χ4n) is 5.19. The fourth-order valence-corrected chi connectivity index (χ4v) is 5.19. The number of hydrogen-bond donors (Lipinski definition) is 3. The third-order valence-electron chi connectivity index (χ3n) is 6.88. The number of amides is 3. The van der Waals surface area contributed by atoms with E-state index >= 15 is 0 Å². The highest BCUT2D eigenvalue weighted by atomic mass is 16.6. The molecule has 3 amide bonds. The van der Waals surface area contributed by atoms with E-state index in [1.54, 1.807) is 0 Å². The summed E-state index contributed by atoms with van der Waals surface area (Å²) in [6.07, 6.45) is 0.883. The molecule has 0 spiro atoms. The van der Waals surface area contributed by atoms with Gasteiger partial charge in [0.25, 0.3) is 0 Å². The van der Waals surface area contributed by atoms with Gasteiger partial charge in [0.05, 0.1) is 0 Å². The molecule has 37 heavy (non-hydrogen) atoms. The number of fused-ring (bicyclic) bond motifs is 3. The minimum atomic E-state index is -1.17. The normalized spacial score (nSPS) is 17.2. The van der Waals surface area contributed by atoms with E-state index in [0.29, 0.717) is 25.8 Å². The van der Waals surface area contributed by atoms with Crippen molar-refractivity contribution in [2.45, 2.75) is 51.1 Å². The fraction of sp³-hybridized carbons (Fsp3) is 0.429. The van der Waals surface area contributed by atoms with Gasteiger partial charge in [0.1, 0.15) is 25.2 Å². The lowest BCUT2D eigenvalue weighted by Crippen LogP contribution is -2.54. The van der Waals surface area contributed by atoms with Crippen molar-refractivity contribution < 1.29 is 29.0 Å². The average molecular weight is 508 g/mol. The second-order valence-corrected chi connectivity index (χ2v) is 9.96. The molecule has 196 valence electrons. The number of ether oxygens (including phenoxy) is 1. The van der Waals surface area contributed by atoms with Gasteiger partial charge in [-0.1, -0.05) is 62.4 Å². The Morgan fingerprint density at radius 1 is 1.03 bits per heavy atom. The molecular weight excluding hydrogens is 474 g/mol. The molecule has 0 unspecified atom stereocenters. The molecule has 0 saturated carbocycles. The summed E-state index contributed by atoms with van der Waals surface area (Å²) in [6.45, 7) is 3.82. The van der Waals surface area contributed by atoms with E-state index in [4.69, 9.17) is 9.84 Å². The number of carbonyl (C=O) groups is 4.